The first kappa shape index (κ1) is 31.7. The van der Waals surface area contributed by atoms with Gasteiger partial charge in [-0.2, -0.15) is 0 Å². The summed E-state index contributed by atoms with van der Waals surface area (Å²) < 4.78 is 0. The van der Waals surface area contributed by atoms with Crippen LogP contribution in [-0.2, 0) is 23.9 Å². The Kier molecular flexibility index (Phi) is 9.79. The van der Waals surface area contributed by atoms with E-state index in [4.69, 9.17) is 11.5 Å². The molecular formula is C36H50N4O2. The van der Waals surface area contributed by atoms with E-state index in [0.717, 1.165) is 48.2 Å². The standard InChI is InChI=1S/2C15H18N2O.C6H14/c2*1-3-11-10-6-9(2)8-15(11,16)12-4-5-14(18)17-13(12)7-10;1-3-5-6-4-2/h2*3-6,10H,7-8,16H2,1-2H3,(H,17,18);3-6H2,1-2H3/b2*11-3+;/t2*10-,15+;/m11./s1. The molecule has 0 saturated heterocycles. The summed E-state index contributed by atoms with van der Waals surface area (Å²) in [5.74, 6) is 0.665. The molecule has 0 fully saturated rings. The van der Waals surface area contributed by atoms with Crippen LogP contribution in [0, 0.1) is 11.8 Å². The molecule has 2 heterocycles. The van der Waals surface area contributed by atoms with Crippen LogP contribution in [0.4, 0.5) is 0 Å². The van der Waals surface area contributed by atoms with Crippen molar-refractivity contribution in [2.24, 2.45) is 23.3 Å². The van der Waals surface area contributed by atoms with Gasteiger partial charge in [0, 0.05) is 35.4 Å². The van der Waals surface area contributed by atoms with Crippen molar-refractivity contribution < 1.29 is 0 Å². The molecule has 0 unspecified atom stereocenters. The lowest BCUT2D eigenvalue weighted by molar-refractivity contribution is 0.409. The van der Waals surface area contributed by atoms with Gasteiger partial charge < -0.3 is 21.4 Å². The fourth-order valence-electron chi connectivity index (χ4n) is 7.64. The SMILES string of the molecule is C/C=C1\[C@@H]2C=C(C)C[C@@]1(N)c1ccc(=O)[nH]c1C2.C/C=C1\[C@@H]2C=C(C)C[C@@]1(N)c1ccc(=O)[nH]c1C2.CCCCCC. The number of pyridine rings is 2. The zero-order valence-electron chi connectivity index (χ0n) is 26.4. The number of nitrogens with one attached hydrogen (secondary N) is 2. The summed E-state index contributed by atoms with van der Waals surface area (Å²) in [5.41, 5.74) is 21.8. The Morgan fingerprint density at radius 1 is 0.738 bits per heavy atom. The van der Waals surface area contributed by atoms with Crippen LogP contribution in [-0.4, -0.2) is 9.97 Å². The minimum absolute atomic E-state index is 0.0416. The molecule has 0 spiro atoms. The number of unbranched alkanes of at least 4 members (excludes halogenated alkanes) is 3. The zero-order valence-corrected chi connectivity index (χ0v) is 26.4. The number of H-pyrrole nitrogens is 2. The molecule has 0 amide bonds. The van der Waals surface area contributed by atoms with Crippen LogP contribution >= 0.6 is 0 Å². The van der Waals surface area contributed by atoms with Crippen LogP contribution in [0.3, 0.4) is 0 Å². The molecule has 0 saturated carbocycles. The predicted molar refractivity (Wildman–Crippen MR) is 174 cm³/mol. The fraction of sp³-hybridized carbons (Fsp3) is 0.500. The van der Waals surface area contributed by atoms with E-state index >= 15 is 0 Å². The molecule has 4 aliphatic rings. The van der Waals surface area contributed by atoms with Crippen molar-refractivity contribution >= 4 is 0 Å². The molecule has 42 heavy (non-hydrogen) atoms. The van der Waals surface area contributed by atoms with Crippen LogP contribution < -0.4 is 22.6 Å². The molecule has 6 heteroatoms. The highest BCUT2D eigenvalue weighted by atomic mass is 16.1. The van der Waals surface area contributed by atoms with Crippen molar-refractivity contribution in [1.29, 1.82) is 0 Å². The van der Waals surface area contributed by atoms with Crippen molar-refractivity contribution in [3.8, 4) is 0 Å². The summed E-state index contributed by atoms with van der Waals surface area (Å²) in [7, 11) is 0. The Morgan fingerprint density at radius 3 is 1.45 bits per heavy atom. The topological polar surface area (TPSA) is 118 Å². The Bertz CT molecular complexity index is 1420. The number of nitrogens with two attached hydrogens (primary N) is 2. The second kappa shape index (κ2) is 13.0. The molecule has 226 valence electrons. The van der Waals surface area contributed by atoms with Crippen LogP contribution in [0.1, 0.15) is 103 Å². The smallest absolute Gasteiger partial charge is 0.248 e. The summed E-state index contributed by atoms with van der Waals surface area (Å²) in [5, 5.41) is 0. The largest absolute Gasteiger partial charge is 0.326 e. The number of hydrogen-bond donors (Lipinski definition) is 4. The van der Waals surface area contributed by atoms with E-state index in [1.807, 2.05) is 12.1 Å². The summed E-state index contributed by atoms with van der Waals surface area (Å²) in [4.78, 5) is 28.8. The maximum atomic E-state index is 11.5. The molecular weight excluding hydrogens is 520 g/mol. The Labute approximate surface area is 251 Å². The van der Waals surface area contributed by atoms with Crippen LogP contribution in [0.15, 0.2) is 80.5 Å². The van der Waals surface area contributed by atoms with Crippen LogP contribution in [0.2, 0.25) is 0 Å². The molecule has 2 aromatic rings. The van der Waals surface area contributed by atoms with Gasteiger partial charge in [-0.15, -0.1) is 0 Å². The average Bonchev–Trinajstić information content (AvgIpc) is 2.91. The monoisotopic (exact) mass is 570 g/mol. The van der Waals surface area contributed by atoms with Crippen molar-refractivity contribution in [3.05, 3.63) is 114 Å². The van der Waals surface area contributed by atoms with E-state index in [9.17, 15) is 9.59 Å². The molecule has 4 aliphatic carbocycles. The third-order valence-electron chi connectivity index (χ3n) is 9.31. The van der Waals surface area contributed by atoms with Gasteiger partial charge in [0.15, 0.2) is 0 Å². The first-order valence-electron chi connectivity index (χ1n) is 15.7. The van der Waals surface area contributed by atoms with Crippen molar-refractivity contribution in [1.82, 2.24) is 9.97 Å². The van der Waals surface area contributed by atoms with Gasteiger partial charge >= 0.3 is 0 Å². The van der Waals surface area contributed by atoms with Gasteiger partial charge in [0.2, 0.25) is 11.1 Å². The molecule has 2 aromatic heterocycles. The summed E-state index contributed by atoms with van der Waals surface area (Å²) in [6.45, 7) is 12.8. The van der Waals surface area contributed by atoms with Gasteiger partial charge in [0.1, 0.15) is 0 Å². The van der Waals surface area contributed by atoms with Crippen LogP contribution in [0.25, 0.3) is 0 Å². The first-order valence-corrected chi connectivity index (χ1v) is 15.7. The third-order valence-corrected chi connectivity index (χ3v) is 9.31. The number of fused-ring (bicyclic) bond motifs is 8. The molecule has 4 atom stereocenters. The lowest BCUT2D eigenvalue weighted by Gasteiger charge is -2.45. The maximum absolute atomic E-state index is 11.5. The van der Waals surface area contributed by atoms with Gasteiger partial charge in [0.25, 0.3) is 0 Å². The average molecular weight is 571 g/mol. The van der Waals surface area contributed by atoms with Crippen molar-refractivity contribution in [2.45, 2.75) is 104 Å². The molecule has 6 N–H and O–H groups in total. The van der Waals surface area contributed by atoms with Crippen molar-refractivity contribution in [3.63, 3.8) is 0 Å². The molecule has 0 aliphatic heterocycles. The normalized spacial score (nSPS) is 28.8. The highest BCUT2D eigenvalue weighted by Gasteiger charge is 2.44. The Morgan fingerprint density at radius 2 is 1.12 bits per heavy atom. The Hall–Kier alpha value is -3.22. The van der Waals surface area contributed by atoms with Gasteiger partial charge in [0.05, 0.1) is 11.1 Å². The minimum atomic E-state index is -0.434. The van der Waals surface area contributed by atoms with Gasteiger partial charge in [-0.1, -0.05) is 75.0 Å². The van der Waals surface area contributed by atoms with Crippen molar-refractivity contribution in [2.75, 3.05) is 0 Å². The van der Waals surface area contributed by atoms with E-state index in [2.05, 4.69) is 75.8 Å². The van der Waals surface area contributed by atoms with E-state index in [0.29, 0.717) is 11.8 Å². The third kappa shape index (κ3) is 6.11. The summed E-state index contributed by atoms with van der Waals surface area (Å²) >= 11 is 0. The summed E-state index contributed by atoms with van der Waals surface area (Å²) in [6.07, 6.45) is 17.8. The first-order chi connectivity index (χ1) is 20.0. The number of rotatable bonds is 3. The quantitative estimate of drug-likeness (QED) is 0.246. The number of aromatic nitrogens is 2. The molecule has 6 rings (SSSR count). The number of allylic oxidation sites excluding steroid dienone is 4. The van der Waals surface area contributed by atoms with E-state index in [1.54, 1.807) is 12.1 Å². The fourth-order valence-corrected chi connectivity index (χ4v) is 7.64. The van der Waals surface area contributed by atoms with E-state index < -0.39 is 11.1 Å². The van der Waals surface area contributed by atoms with E-state index in [-0.39, 0.29) is 11.1 Å². The highest BCUT2D eigenvalue weighted by molar-refractivity contribution is 5.50. The molecule has 0 aromatic carbocycles. The Balaban J connectivity index is 0.000000162. The molecule has 4 bridgehead atoms. The van der Waals surface area contributed by atoms with Gasteiger partial charge in [-0.25, -0.2) is 0 Å². The van der Waals surface area contributed by atoms with E-state index in [1.165, 1.54) is 48.0 Å². The number of aromatic amines is 2. The molecule has 0 radical (unpaired) electrons. The summed E-state index contributed by atoms with van der Waals surface area (Å²) in [6, 6.07) is 6.95. The minimum Gasteiger partial charge on any atom is -0.326 e. The van der Waals surface area contributed by atoms with Crippen LogP contribution in [0.5, 0.6) is 0 Å². The molecule has 6 nitrogen and oxygen atoms in total. The van der Waals surface area contributed by atoms with Gasteiger partial charge in [-0.05, 0) is 87.8 Å². The number of hydrogen-bond acceptors (Lipinski definition) is 4. The lowest BCUT2D eigenvalue weighted by Crippen LogP contribution is -2.48. The second-order valence-electron chi connectivity index (χ2n) is 12.6. The van der Waals surface area contributed by atoms with Gasteiger partial charge in [-0.3, -0.25) is 9.59 Å². The predicted octanol–water partition coefficient (Wildman–Crippen LogP) is 6.58. The highest BCUT2D eigenvalue weighted by Crippen LogP contribution is 2.48. The lowest BCUT2D eigenvalue weighted by atomic mass is 9.63. The zero-order chi connectivity index (χ0) is 30.7. The second-order valence-corrected chi connectivity index (χ2v) is 12.6. The maximum Gasteiger partial charge on any atom is 0.248 e.